The van der Waals surface area contributed by atoms with Crippen LogP contribution in [0, 0.1) is 11.6 Å². The van der Waals surface area contributed by atoms with Gasteiger partial charge in [-0.15, -0.1) is 0 Å². The highest BCUT2D eigenvalue weighted by Gasteiger charge is 2.34. The maximum absolute atomic E-state index is 13.8. The summed E-state index contributed by atoms with van der Waals surface area (Å²) >= 11 is 0. The van der Waals surface area contributed by atoms with Crippen LogP contribution in [0.1, 0.15) is 34.6 Å². The summed E-state index contributed by atoms with van der Waals surface area (Å²) in [4.78, 5) is 15.3. The number of rotatable bonds is 4. The number of amides is 1. The van der Waals surface area contributed by atoms with E-state index in [4.69, 9.17) is 0 Å². The normalized spacial score (nSPS) is 15.8. The highest BCUT2D eigenvalue weighted by molar-refractivity contribution is 6.06. The molecule has 2 aromatic heterocycles. The molecular formula is C25H23F3N4O. The van der Waals surface area contributed by atoms with E-state index in [0.29, 0.717) is 29.8 Å². The van der Waals surface area contributed by atoms with Crippen LogP contribution in [0.25, 0.3) is 22.2 Å². The molecule has 5 rings (SSSR count). The molecule has 5 nitrogen and oxygen atoms in total. The second kappa shape index (κ2) is 8.10. The molecule has 1 atom stereocenters. The Morgan fingerprint density at radius 3 is 2.64 bits per heavy atom. The summed E-state index contributed by atoms with van der Waals surface area (Å²) < 4.78 is 44.0. The van der Waals surface area contributed by atoms with Gasteiger partial charge in [0.1, 0.15) is 18.3 Å². The van der Waals surface area contributed by atoms with Gasteiger partial charge < -0.3 is 9.47 Å². The molecule has 1 amide bonds. The maximum atomic E-state index is 13.8. The van der Waals surface area contributed by atoms with Crippen molar-refractivity contribution < 1.29 is 18.0 Å². The third-order valence-corrected chi connectivity index (χ3v) is 6.41. The van der Waals surface area contributed by atoms with E-state index in [1.54, 1.807) is 33.5 Å². The van der Waals surface area contributed by atoms with E-state index >= 15 is 0 Å². The SMILES string of the molecule is C[C@H]1c2nn(C)c(-c3cc(F)cc(F)c3)c2CCN1C(=O)c1cccc2c1ccn2CCF. The Hall–Kier alpha value is -3.55. The average Bonchev–Trinajstić information content (AvgIpc) is 3.34. The molecule has 33 heavy (non-hydrogen) atoms. The van der Waals surface area contributed by atoms with Gasteiger partial charge in [0.15, 0.2) is 0 Å². The van der Waals surface area contributed by atoms with E-state index < -0.39 is 18.3 Å². The van der Waals surface area contributed by atoms with Crippen LogP contribution in [0.15, 0.2) is 48.7 Å². The van der Waals surface area contributed by atoms with Gasteiger partial charge in [-0.1, -0.05) is 6.07 Å². The van der Waals surface area contributed by atoms with Gasteiger partial charge >= 0.3 is 0 Å². The van der Waals surface area contributed by atoms with Crippen molar-refractivity contribution in [3.63, 3.8) is 0 Å². The van der Waals surface area contributed by atoms with Crippen molar-refractivity contribution in [1.29, 1.82) is 0 Å². The van der Waals surface area contributed by atoms with E-state index in [2.05, 4.69) is 5.10 Å². The summed E-state index contributed by atoms with van der Waals surface area (Å²) in [7, 11) is 1.74. The standard InChI is InChI=1S/C25H23F3N4O/c1-15-23-21(24(30(2)29-23)16-12-17(27)14-18(28)13-16)7-10-32(15)25(33)20-4-3-5-22-19(20)6-9-31(22)11-8-26/h3-6,9,12-15H,7-8,10-11H2,1-2H3/t15-/m0/s1. The zero-order chi connectivity index (χ0) is 23.3. The lowest BCUT2D eigenvalue weighted by molar-refractivity contribution is 0.0675. The Morgan fingerprint density at radius 1 is 1.15 bits per heavy atom. The first-order valence-corrected chi connectivity index (χ1v) is 10.9. The van der Waals surface area contributed by atoms with Crippen LogP contribution in [0.5, 0.6) is 0 Å². The molecule has 170 valence electrons. The predicted molar refractivity (Wildman–Crippen MR) is 120 cm³/mol. The molecule has 0 bridgehead atoms. The fraction of sp³-hybridized carbons (Fsp3) is 0.280. The minimum Gasteiger partial charge on any atom is -0.345 e. The smallest absolute Gasteiger partial charge is 0.255 e. The molecule has 0 saturated carbocycles. The lowest BCUT2D eigenvalue weighted by Gasteiger charge is -2.33. The lowest BCUT2D eigenvalue weighted by atomic mass is 9.94. The monoisotopic (exact) mass is 452 g/mol. The number of benzene rings is 2. The van der Waals surface area contributed by atoms with Crippen LogP contribution in [0.4, 0.5) is 13.2 Å². The highest BCUT2D eigenvalue weighted by atomic mass is 19.1. The number of aromatic nitrogens is 3. The molecule has 0 fully saturated rings. The minimum absolute atomic E-state index is 0.124. The van der Waals surface area contributed by atoms with Gasteiger partial charge in [-0.25, -0.2) is 13.2 Å². The fourth-order valence-electron chi connectivity index (χ4n) is 4.92. The molecule has 3 heterocycles. The number of nitrogens with zero attached hydrogens (tertiary/aromatic N) is 4. The summed E-state index contributed by atoms with van der Waals surface area (Å²) in [5.74, 6) is -1.41. The molecule has 2 aromatic carbocycles. The van der Waals surface area contributed by atoms with Gasteiger partial charge in [0, 0.05) is 53.4 Å². The topological polar surface area (TPSA) is 43.1 Å². The summed E-state index contributed by atoms with van der Waals surface area (Å²) in [5.41, 5.74) is 4.08. The molecule has 4 aromatic rings. The summed E-state index contributed by atoms with van der Waals surface area (Å²) in [5, 5.41) is 5.40. The number of carbonyl (C=O) groups is 1. The van der Waals surface area contributed by atoms with Crippen LogP contribution < -0.4 is 0 Å². The van der Waals surface area contributed by atoms with Crippen LogP contribution in [0.2, 0.25) is 0 Å². The average molecular weight is 452 g/mol. The zero-order valence-electron chi connectivity index (χ0n) is 18.4. The number of carbonyl (C=O) groups excluding carboxylic acids is 1. The largest absolute Gasteiger partial charge is 0.345 e. The van der Waals surface area contributed by atoms with Gasteiger partial charge in [0.25, 0.3) is 5.91 Å². The molecule has 0 unspecified atom stereocenters. The number of aryl methyl sites for hydroxylation is 2. The Labute approximate surface area is 189 Å². The molecule has 0 saturated heterocycles. The third kappa shape index (κ3) is 3.50. The first kappa shape index (κ1) is 21.3. The van der Waals surface area contributed by atoms with Crippen molar-refractivity contribution in [2.75, 3.05) is 13.2 Å². The van der Waals surface area contributed by atoms with E-state index in [1.807, 2.05) is 25.1 Å². The Kier molecular flexibility index (Phi) is 5.23. The van der Waals surface area contributed by atoms with Gasteiger partial charge in [0.2, 0.25) is 0 Å². The van der Waals surface area contributed by atoms with Crippen molar-refractivity contribution >= 4 is 16.8 Å². The number of hydrogen-bond acceptors (Lipinski definition) is 2. The molecule has 0 aliphatic carbocycles. The molecule has 1 aliphatic rings. The third-order valence-electron chi connectivity index (χ3n) is 6.41. The first-order chi connectivity index (χ1) is 15.9. The number of fused-ring (bicyclic) bond motifs is 2. The van der Waals surface area contributed by atoms with Crippen LogP contribution in [-0.2, 0) is 20.0 Å². The van der Waals surface area contributed by atoms with E-state index in [1.165, 1.54) is 12.1 Å². The Bertz CT molecular complexity index is 1350. The predicted octanol–water partition coefficient (Wildman–Crippen LogP) is 5.05. The highest BCUT2D eigenvalue weighted by Crippen LogP contribution is 2.37. The van der Waals surface area contributed by atoms with Crippen LogP contribution >= 0.6 is 0 Å². The van der Waals surface area contributed by atoms with Gasteiger partial charge in [0.05, 0.1) is 24.0 Å². The number of alkyl halides is 1. The van der Waals surface area contributed by atoms with Crippen LogP contribution in [-0.4, -0.2) is 38.4 Å². The molecular weight excluding hydrogens is 429 g/mol. The quantitative estimate of drug-likeness (QED) is 0.435. The van der Waals surface area contributed by atoms with Gasteiger partial charge in [-0.3, -0.25) is 9.48 Å². The molecule has 0 radical (unpaired) electrons. The maximum Gasteiger partial charge on any atom is 0.255 e. The summed E-state index contributed by atoms with van der Waals surface area (Å²) in [6.07, 6.45) is 2.31. The number of halogens is 3. The van der Waals surface area contributed by atoms with Crippen LogP contribution in [0.3, 0.4) is 0 Å². The van der Waals surface area contributed by atoms with Crippen molar-refractivity contribution in [1.82, 2.24) is 19.2 Å². The second-order valence-corrected chi connectivity index (χ2v) is 8.36. The molecule has 1 aliphatic heterocycles. The Balaban J connectivity index is 1.51. The summed E-state index contributed by atoms with van der Waals surface area (Å²) in [6, 6.07) is 10.4. The number of hydrogen-bond donors (Lipinski definition) is 0. The van der Waals surface area contributed by atoms with Crippen molar-refractivity contribution in [2.45, 2.75) is 25.9 Å². The second-order valence-electron chi connectivity index (χ2n) is 8.36. The van der Waals surface area contributed by atoms with Gasteiger partial charge in [-0.05, 0) is 43.7 Å². The van der Waals surface area contributed by atoms with E-state index in [9.17, 15) is 18.0 Å². The molecule has 0 N–H and O–H groups in total. The van der Waals surface area contributed by atoms with E-state index in [0.717, 1.165) is 28.2 Å². The minimum atomic E-state index is -0.645. The molecule has 8 heteroatoms. The van der Waals surface area contributed by atoms with Crippen molar-refractivity contribution in [3.8, 4) is 11.3 Å². The fourth-order valence-corrected chi connectivity index (χ4v) is 4.92. The lowest BCUT2D eigenvalue weighted by Crippen LogP contribution is -2.39. The van der Waals surface area contributed by atoms with Crippen molar-refractivity contribution in [3.05, 3.63) is 77.1 Å². The molecule has 0 spiro atoms. The van der Waals surface area contributed by atoms with Gasteiger partial charge in [-0.2, -0.15) is 5.10 Å². The van der Waals surface area contributed by atoms with Crippen molar-refractivity contribution in [2.24, 2.45) is 7.05 Å². The zero-order valence-corrected chi connectivity index (χ0v) is 18.4. The summed E-state index contributed by atoms with van der Waals surface area (Å²) in [6.45, 7) is 2.12. The first-order valence-electron chi connectivity index (χ1n) is 10.9. The van der Waals surface area contributed by atoms with E-state index in [-0.39, 0.29) is 18.5 Å². The Morgan fingerprint density at radius 2 is 1.91 bits per heavy atom.